The maximum Gasteiger partial charge on any atom is 0.329 e. The van der Waals surface area contributed by atoms with Gasteiger partial charge in [0.25, 0.3) is 0 Å². The highest BCUT2D eigenvalue weighted by Crippen LogP contribution is 2.28. The van der Waals surface area contributed by atoms with Gasteiger partial charge < -0.3 is 4.74 Å². The number of ether oxygens (including phenoxy) is 1. The zero-order chi connectivity index (χ0) is 14.0. The minimum absolute atomic E-state index is 0.0620. The van der Waals surface area contributed by atoms with Gasteiger partial charge in [0.15, 0.2) is 0 Å². The molecule has 100 valence electrons. The quantitative estimate of drug-likeness (QED) is 0.709. The van der Waals surface area contributed by atoms with Gasteiger partial charge in [0, 0.05) is 6.20 Å². The molecule has 0 N–H and O–H groups in total. The minimum atomic E-state index is -3.61. The fraction of sp³-hybridized carbons (Fsp3) is 0.364. The van der Waals surface area contributed by atoms with E-state index in [1.165, 1.54) is 25.4 Å². The highest BCUT2D eigenvalue weighted by Gasteiger charge is 2.43. The first-order valence-corrected chi connectivity index (χ1v) is 7.06. The zero-order valence-electron chi connectivity index (χ0n) is 10.1. The molecule has 0 bridgehead atoms. The van der Waals surface area contributed by atoms with E-state index in [4.69, 9.17) is 5.26 Å². The smallest absolute Gasteiger partial charge is 0.329 e. The van der Waals surface area contributed by atoms with E-state index in [0.717, 1.165) is 4.31 Å². The Kier molecular flexibility index (Phi) is 3.40. The maximum absolute atomic E-state index is 12.0. The Balaban J connectivity index is 2.48. The molecule has 8 heteroatoms. The number of carbonyl (C=O) groups excluding carboxylic acids is 1. The average Bonchev–Trinajstić information content (AvgIpc) is 2.73. The Morgan fingerprint density at radius 3 is 3.00 bits per heavy atom. The molecule has 19 heavy (non-hydrogen) atoms. The molecule has 0 saturated carbocycles. The third kappa shape index (κ3) is 2.37. The lowest BCUT2D eigenvalue weighted by Crippen LogP contribution is -2.39. The van der Waals surface area contributed by atoms with E-state index in [1.807, 2.05) is 6.07 Å². The van der Waals surface area contributed by atoms with Crippen LogP contribution in [0, 0.1) is 11.3 Å². The third-order valence-corrected chi connectivity index (χ3v) is 4.60. The molecule has 0 aliphatic carbocycles. The summed E-state index contributed by atoms with van der Waals surface area (Å²) in [4.78, 5) is 15.5. The fourth-order valence-corrected chi connectivity index (χ4v) is 3.61. The summed E-state index contributed by atoms with van der Waals surface area (Å²) in [6.45, 7) is 0. The van der Waals surface area contributed by atoms with E-state index in [9.17, 15) is 13.2 Å². The van der Waals surface area contributed by atoms with Gasteiger partial charge in [-0.3, -0.25) is 0 Å². The largest absolute Gasteiger partial charge is 0.467 e. The molecular formula is C11H11N3O4S. The van der Waals surface area contributed by atoms with E-state index in [1.54, 1.807) is 0 Å². The number of rotatable bonds is 2. The van der Waals surface area contributed by atoms with E-state index >= 15 is 0 Å². The van der Waals surface area contributed by atoms with Gasteiger partial charge in [0.05, 0.1) is 24.5 Å². The summed E-state index contributed by atoms with van der Waals surface area (Å²) < 4.78 is 29.5. The van der Waals surface area contributed by atoms with Gasteiger partial charge in [-0.05, 0) is 18.6 Å². The number of carbonyl (C=O) groups is 1. The van der Waals surface area contributed by atoms with Crippen LogP contribution in [-0.2, 0) is 19.6 Å². The van der Waals surface area contributed by atoms with Crippen LogP contribution in [-0.4, -0.2) is 38.3 Å². The van der Waals surface area contributed by atoms with Crippen LogP contribution in [0.2, 0.25) is 0 Å². The second kappa shape index (κ2) is 4.85. The molecule has 1 saturated heterocycles. The van der Waals surface area contributed by atoms with E-state index in [-0.39, 0.29) is 23.6 Å². The minimum Gasteiger partial charge on any atom is -0.467 e. The lowest BCUT2D eigenvalue weighted by Gasteiger charge is -2.22. The molecule has 2 rings (SSSR count). The first kappa shape index (κ1) is 13.3. The highest BCUT2D eigenvalue weighted by molar-refractivity contribution is 7.93. The van der Waals surface area contributed by atoms with Crippen molar-refractivity contribution in [1.82, 2.24) is 4.98 Å². The lowest BCUT2D eigenvalue weighted by atomic mass is 10.2. The number of anilines is 1. The molecule has 1 aliphatic rings. The first-order valence-electron chi connectivity index (χ1n) is 5.45. The molecule has 1 aliphatic heterocycles. The van der Waals surface area contributed by atoms with Crippen molar-refractivity contribution in [2.45, 2.75) is 12.5 Å². The molecular weight excluding hydrogens is 270 g/mol. The maximum atomic E-state index is 12.0. The fourth-order valence-electron chi connectivity index (χ4n) is 1.93. The molecule has 0 unspecified atom stereocenters. The van der Waals surface area contributed by atoms with E-state index in [2.05, 4.69) is 9.72 Å². The van der Waals surface area contributed by atoms with Crippen LogP contribution in [0.3, 0.4) is 0 Å². The Bertz CT molecular complexity index is 650. The van der Waals surface area contributed by atoms with Crippen LogP contribution in [0.15, 0.2) is 18.3 Å². The van der Waals surface area contributed by atoms with Crippen LogP contribution in [0.4, 0.5) is 5.82 Å². The molecule has 1 aromatic rings. The first-order chi connectivity index (χ1) is 8.99. The van der Waals surface area contributed by atoms with E-state index in [0.29, 0.717) is 0 Å². The number of nitriles is 1. The van der Waals surface area contributed by atoms with Gasteiger partial charge in [0.2, 0.25) is 10.0 Å². The number of sulfonamides is 1. The highest BCUT2D eigenvalue weighted by atomic mass is 32.2. The van der Waals surface area contributed by atoms with Crippen LogP contribution in [0.1, 0.15) is 12.0 Å². The summed E-state index contributed by atoms with van der Waals surface area (Å²) in [5.74, 6) is -0.720. The van der Waals surface area contributed by atoms with Crippen molar-refractivity contribution in [3.63, 3.8) is 0 Å². The molecule has 0 amide bonds. The summed E-state index contributed by atoms with van der Waals surface area (Å²) in [6.07, 6.45) is 1.48. The molecule has 2 heterocycles. The number of methoxy groups -OCH3 is 1. The number of pyridine rings is 1. The molecule has 0 spiro atoms. The van der Waals surface area contributed by atoms with Gasteiger partial charge in [-0.25, -0.2) is 22.5 Å². The monoisotopic (exact) mass is 281 g/mol. The summed E-state index contributed by atoms with van der Waals surface area (Å²) >= 11 is 0. The van der Waals surface area contributed by atoms with Gasteiger partial charge in [-0.15, -0.1) is 0 Å². The van der Waals surface area contributed by atoms with Crippen LogP contribution in [0.25, 0.3) is 0 Å². The van der Waals surface area contributed by atoms with Crippen LogP contribution >= 0.6 is 0 Å². The zero-order valence-corrected chi connectivity index (χ0v) is 10.9. The molecule has 0 aromatic carbocycles. The van der Waals surface area contributed by atoms with Crippen molar-refractivity contribution in [3.05, 3.63) is 23.9 Å². The SMILES string of the molecule is COC(=O)[C@@H]1CCS(=O)(=O)N1c1cc(C#N)ccn1. The number of hydrogen-bond donors (Lipinski definition) is 0. The van der Waals surface area contributed by atoms with Gasteiger partial charge in [-0.1, -0.05) is 0 Å². The summed E-state index contributed by atoms with van der Waals surface area (Å²) in [7, 11) is -2.41. The number of esters is 1. The van der Waals surface area contributed by atoms with Crippen molar-refractivity contribution in [1.29, 1.82) is 5.26 Å². The molecule has 1 aromatic heterocycles. The van der Waals surface area contributed by atoms with Crippen molar-refractivity contribution in [3.8, 4) is 6.07 Å². The average molecular weight is 281 g/mol. The predicted molar refractivity (Wildman–Crippen MR) is 65.6 cm³/mol. The Morgan fingerprint density at radius 1 is 1.63 bits per heavy atom. The van der Waals surface area contributed by atoms with Crippen LogP contribution in [0.5, 0.6) is 0 Å². The molecule has 1 fully saturated rings. The second-order valence-electron chi connectivity index (χ2n) is 3.95. The summed E-state index contributed by atoms with van der Waals surface area (Å²) in [5, 5.41) is 8.82. The summed E-state index contributed by atoms with van der Waals surface area (Å²) in [5.41, 5.74) is 0.274. The Labute approximate surface area is 110 Å². The van der Waals surface area contributed by atoms with Gasteiger partial charge >= 0.3 is 5.97 Å². The standard InChI is InChI=1S/C11H11N3O4S/c1-18-11(15)9-3-5-19(16,17)14(9)10-6-8(7-12)2-4-13-10/h2,4,6,9H,3,5H2,1H3/t9-/m0/s1. The number of hydrogen-bond acceptors (Lipinski definition) is 6. The van der Waals surface area contributed by atoms with E-state index < -0.39 is 22.0 Å². The second-order valence-corrected chi connectivity index (χ2v) is 5.92. The van der Waals surface area contributed by atoms with Crippen molar-refractivity contribution in [2.75, 3.05) is 17.2 Å². The lowest BCUT2D eigenvalue weighted by molar-refractivity contribution is -0.141. The Hall–Kier alpha value is -2.14. The predicted octanol–water partition coefficient (Wildman–Crippen LogP) is 0.0348. The molecule has 7 nitrogen and oxygen atoms in total. The molecule has 1 atom stereocenters. The third-order valence-electron chi connectivity index (χ3n) is 2.81. The normalized spacial score (nSPS) is 20.8. The van der Waals surface area contributed by atoms with Crippen LogP contribution < -0.4 is 4.31 Å². The molecule has 0 radical (unpaired) electrons. The van der Waals surface area contributed by atoms with Gasteiger partial charge in [-0.2, -0.15) is 5.26 Å². The van der Waals surface area contributed by atoms with Crippen molar-refractivity contribution < 1.29 is 17.9 Å². The van der Waals surface area contributed by atoms with Crippen molar-refractivity contribution >= 4 is 21.8 Å². The summed E-state index contributed by atoms with van der Waals surface area (Å²) in [6, 6.07) is 3.77. The Morgan fingerprint density at radius 2 is 2.37 bits per heavy atom. The number of aromatic nitrogens is 1. The topological polar surface area (TPSA) is 100 Å². The van der Waals surface area contributed by atoms with Gasteiger partial charge in [0.1, 0.15) is 11.9 Å². The van der Waals surface area contributed by atoms with Crippen molar-refractivity contribution in [2.24, 2.45) is 0 Å². The number of nitrogens with zero attached hydrogens (tertiary/aromatic N) is 3.